The lowest BCUT2D eigenvalue weighted by molar-refractivity contribution is 0.0696. The monoisotopic (exact) mass is 596 g/mol. The highest BCUT2D eigenvalue weighted by atomic mass is 127. The number of aromatic carboxylic acids is 1. The van der Waals surface area contributed by atoms with Gasteiger partial charge in [0.15, 0.2) is 0 Å². The minimum absolute atomic E-state index is 0.130. The van der Waals surface area contributed by atoms with E-state index in [1.54, 1.807) is 0 Å². The molecule has 4 nitrogen and oxygen atoms in total. The molecular weight excluding hydrogens is 589 g/mol. The summed E-state index contributed by atoms with van der Waals surface area (Å²) in [6.07, 6.45) is 1.21. The van der Waals surface area contributed by atoms with Crippen molar-refractivity contribution in [3.05, 3.63) is 46.5 Å². The van der Waals surface area contributed by atoms with Gasteiger partial charge in [-0.1, -0.05) is 0 Å². The zero-order chi connectivity index (χ0) is 14.0. The summed E-state index contributed by atoms with van der Waals surface area (Å²) in [5.41, 5.74) is 0.130. The van der Waals surface area contributed by atoms with Crippen LogP contribution >= 0.6 is 67.8 Å². The SMILES string of the molecule is O=C(O)c1coc(COc2c(I)cc(I)cc2I)c1. The first-order valence-corrected chi connectivity index (χ1v) is 8.29. The zero-order valence-electron chi connectivity index (χ0n) is 9.32. The van der Waals surface area contributed by atoms with Gasteiger partial charge in [0, 0.05) is 3.57 Å². The number of rotatable bonds is 4. The number of carboxylic acids is 1. The summed E-state index contributed by atoms with van der Waals surface area (Å²) >= 11 is 6.67. The molecule has 100 valence electrons. The highest BCUT2D eigenvalue weighted by molar-refractivity contribution is 14.1. The van der Waals surface area contributed by atoms with Crippen LogP contribution in [0.4, 0.5) is 0 Å². The van der Waals surface area contributed by atoms with Crippen LogP contribution in [-0.4, -0.2) is 11.1 Å². The molecule has 2 aromatic rings. The molecule has 0 aliphatic carbocycles. The predicted octanol–water partition coefficient (Wildman–Crippen LogP) is 4.37. The molecule has 0 saturated heterocycles. The molecule has 0 amide bonds. The van der Waals surface area contributed by atoms with Gasteiger partial charge in [-0.2, -0.15) is 0 Å². The fourth-order valence-corrected chi connectivity index (χ4v) is 5.27. The number of hydrogen-bond acceptors (Lipinski definition) is 3. The summed E-state index contributed by atoms with van der Waals surface area (Å²) in [5.74, 6) is 0.269. The standard InChI is InChI=1S/C12H7I3O4/c13-7-2-9(14)11(10(15)3-7)19-5-8-1-6(4-18-8)12(16)17/h1-4H,5H2,(H,16,17). The molecule has 0 saturated carbocycles. The van der Waals surface area contributed by atoms with Crippen LogP contribution in [0, 0.1) is 10.7 Å². The average Bonchev–Trinajstić information content (AvgIpc) is 2.76. The third-order valence-electron chi connectivity index (χ3n) is 2.22. The Morgan fingerprint density at radius 3 is 2.37 bits per heavy atom. The molecule has 1 N–H and O–H groups in total. The molecule has 0 atom stereocenters. The molecular formula is C12H7I3O4. The van der Waals surface area contributed by atoms with E-state index in [1.165, 1.54) is 12.3 Å². The van der Waals surface area contributed by atoms with Crippen LogP contribution in [0.1, 0.15) is 16.1 Å². The molecule has 2 rings (SSSR count). The maximum atomic E-state index is 10.7. The highest BCUT2D eigenvalue weighted by Crippen LogP contribution is 2.30. The molecule has 0 spiro atoms. The Bertz CT molecular complexity index is 598. The summed E-state index contributed by atoms with van der Waals surface area (Å²) in [5, 5.41) is 8.80. The van der Waals surface area contributed by atoms with E-state index in [1.807, 2.05) is 12.1 Å². The van der Waals surface area contributed by atoms with E-state index in [4.69, 9.17) is 14.3 Å². The summed E-state index contributed by atoms with van der Waals surface area (Å²) in [6, 6.07) is 5.50. The van der Waals surface area contributed by atoms with Gasteiger partial charge in [0.05, 0.1) is 12.7 Å². The lowest BCUT2D eigenvalue weighted by Crippen LogP contribution is -1.99. The second kappa shape index (κ2) is 6.61. The van der Waals surface area contributed by atoms with Gasteiger partial charge in [-0.3, -0.25) is 0 Å². The van der Waals surface area contributed by atoms with Gasteiger partial charge < -0.3 is 14.3 Å². The molecule has 1 heterocycles. The molecule has 1 aromatic carbocycles. The molecule has 7 heteroatoms. The fraction of sp³-hybridized carbons (Fsp3) is 0.0833. The van der Waals surface area contributed by atoms with Crippen LogP contribution in [0.25, 0.3) is 0 Å². The van der Waals surface area contributed by atoms with Crippen LogP contribution in [0.3, 0.4) is 0 Å². The summed E-state index contributed by atoms with van der Waals surface area (Å²) in [6.45, 7) is 0.208. The Labute approximate surface area is 150 Å². The number of furan rings is 1. The lowest BCUT2D eigenvalue weighted by atomic mass is 10.3. The van der Waals surface area contributed by atoms with E-state index in [9.17, 15) is 4.79 Å². The van der Waals surface area contributed by atoms with Gasteiger partial charge in [0.2, 0.25) is 0 Å². The largest absolute Gasteiger partial charge is 0.483 e. The van der Waals surface area contributed by atoms with Crippen molar-refractivity contribution >= 4 is 73.7 Å². The normalized spacial score (nSPS) is 10.5. The van der Waals surface area contributed by atoms with Crippen LogP contribution in [0.15, 0.2) is 28.9 Å². The minimum Gasteiger partial charge on any atom is -0.483 e. The average molecular weight is 596 g/mol. The van der Waals surface area contributed by atoms with Crippen LogP contribution in [0.2, 0.25) is 0 Å². The van der Waals surface area contributed by atoms with Crippen molar-refractivity contribution in [2.45, 2.75) is 6.61 Å². The summed E-state index contributed by atoms with van der Waals surface area (Å²) in [7, 11) is 0. The Hall–Kier alpha value is -0.0400. The quantitative estimate of drug-likeness (QED) is 0.534. The molecule has 0 unspecified atom stereocenters. The Kier molecular flexibility index (Phi) is 5.34. The molecule has 1 aromatic heterocycles. The van der Waals surface area contributed by atoms with Gasteiger partial charge in [0.25, 0.3) is 0 Å². The number of carbonyl (C=O) groups is 1. The minimum atomic E-state index is -1.01. The predicted molar refractivity (Wildman–Crippen MR) is 94.6 cm³/mol. The van der Waals surface area contributed by atoms with Gasteiger partial charge in [-0.05, 0) is 86.0 Å². The molecule has 0 fully saturated rings. The van der Waals surface area contributed by atoms with E-state index in [0.29, 0.717) is 5.76 Å². The third-order valence-corrected chi connectivity index (χ3v) is 4.45. The molecule has 19 heavy (non-hydrogen) atoms. The highest BCUT2D eigenvalue weighted by Gasteiger charge is 2.11. The number of hydrogen-bond donors (Lipinski definition) is 1. The molecule has 0 radical (unpaired) electrons. The zero-order valence-corrected chi connectivity index (χ0v) is 15.8. The molecule has 0 bridgehead atoms. The first kappa shape index (κ1) is 15.4. The van der Waals surface area contributed by atoms with Crippen molar-refractivity contribution in [2.75, 3.05) is 0 Å². The smallest absolute Gasteiger partial charge is 0.338 e. The van der Waals surface area contributed by atoms with Crippen molar-refractivity contribution in [1.29, 1.82) is 0 Å². The van der Waals surface area contributed by atoms with Gasteiger partial charge in [0.1, 0.15) is 24.4 Å². The fourth-order valence-electron chi connectivity index (χ4n) is 1.38. The van der Waals surface area contributed by atoms with Crippen molar-refractivity contribution in [3.63, 3.8) is 0 Å². The maximum Gasteiger partial charge on any atom is 0.338 e. The van der Waals surface area contributed by atoms with Crippen molar-refractivity contribution < 1.29 is 19.1 Å². The van der Waals surface area contributed by atoms with Crippen molar-refractivity contribution in [3.8, 4) is 5.75 Å². The van der Waals surface area contributed by atoms with Crippen molar-refractivity contribution in [1.82, 2.24) is 0 Å². The van der Waals surface area contributed by atoms with E-state index < -0.39 is 5.97 Å². The first-order chi connectivity index (χ1) is 8.97. The number of carboxylic acid groups (broad SMARTS) is 1. The van der Waals surface area contributed by atoms with Gasteiger partial charge in [-0.25, -0.2) is 4.79 Å². The van der Waals surface area contributed by atoms with Crippen LogP contribution in [0.5, 0.6) is 5.75 Å². The van der Waals surface area contributed by atoms with E-state index >= 15 is 0 Å². The number of benzene rings is 1. The second-order valence-electron chi connectivity index (χ2n) is 3.59. The molecule has 0 aliphatic heterocycles. The van der Waals surface area contributed by atoms with E-state index in [-0.39, 0.29) is 12.2 Å². The van der Waals surface area contributed by atoms with Crippen molar-refractivity contribution in [2.24, 2.45) is 0 Å². The summed E-state index contributed by atoms with van der Waals surface area (Å²) in [4.78, 5) is 10.7. The Morgan fingerprint density at radius 1 is 1.21 bits per heavy atom. The van der Waals surface area contributed by atoms with Gasteiger partial charge >= 0.3 is 5.97 Å². The first-order valence-electron chi connectivity index (χ1n) is 5.05. The Balaban J connectivity index is 2.12. The maximum absolute atomic E-state index is 10.7. The van der Waals surface area contributed by atoms with Crippen LogP contribution < -0.4 is 4.74 Å². The summed E-state index contributed by atoms with van der Waals surface area (Å²) < 4.78 is 14.0. The number of halogens is 3. The van der Waals surface area contributed by atoms with Gasteiger partial charge in [-0.15, -0.1) is 0 Å². The second-order valence-corrected chi connectivity index (χ2v) is 7.16. The third kappa shape index (κ3) is 3.97. The topological polar surface area (TPSA) is 59.7 Å². The lowest BCUT2D eigenvalue weighted by Gasteiger charge is -2.09. The van der Waals surface area contributed by atoms with E-state index in [2.05, 4.69) is 67.8 Å². The molecule has 0 aliphatic rings. The van der Waals surface area contributed by atoms with E-state index in [0.717, 1.165) is 16.5 Å². The Morgan fingerprint density at radius 2 is 1.84 bits per heavy atom. The number of ether oxygens (including phenoxy) is 1. The van der Waals surface area contributed by atoms with Crippen LogP contribution in [-0.2, 0) is 6.61 Å².